The average Bonchev–Trinajstić information content (AvgIpc) is 2.83. The van der Waals surface area contributed by atoms with Gasteiger partial charge in [0.1, 0.15) is 17.2 Å². The van der Waals surface area contributed by atoms with Gasteiger partial charge in [0.2, 0.25) is 5.91 Å². The number of fused-ring (bicyclic) bond motifs is 3. The van der Waals surface area contributed by atoms with E-state index < -0.39 is 11.7 Å². The van der Waals surface area contributed by atoms with Crippen molar-refractivity contribution in [1.29, 1.82) is 0 Å². The first-order valence-corrected chi connectivity index (χ1v) is 9.97. The first-order chi connectivity index (χ1) is 13.0. The highest BCUT2D eigenvalue weighted by molar-refractivity contribution is 7.18. The lowest BCUT2D eigenvalue weighted by molar-refractivity contribution is -0.116. The van der Waals surface area contributed by atoms with Gasteiger partial charge in [0.15, 0.2) is 0 Å². The van der Waals surface area contributed by atoms with Crippen LogP contribution in [0.5, 0.6) is 0 Å². The van der Waals surface area contributed by atoms with Gasteiger partial charge >= 0.3 is 0 Å². The lowest BCUT2D eigenvalue weighted by Gasteiger charge is -2.09. The Labute approximate surface area is 163 Å². The van der Waals surface area contributed by atoms with Crippen molar-refractivity contribution in [2.24, 2.45) is 0 Å². The first kappa shape index (κ1) is 18.1. The smallest absolute Gasteiger partial charge is 0.262 e. The van der Waals surface area contributed by atoms with E-state index in [0.29, 0.717) is 10.4 Å². The molecule has 2 heterocycles. The molecule has 1 aliphatic carbocycles. The van der Waals surface area contributed by atoms with Gasteiger partial charge in [0.05, 0.1) is 17.4 Å². The van der Waals surface area contributed by atoms with E-state index in [2.05, 4.69) is 10.3 Å². The molecule has 1 aromatic carbocycles. The summed E-state index contributed by atoms with van der Waals surface area (Å²) in [6.45, 7) is -0.238. The summed E-state index contributed by atoms with van der Waals surface area (Å²) in [6.07, 6.45) is 6.57. The summed E-state index contributed by atoms with van der Waals surface area (Å²) in [5.41, 5.74) is 0.848. The second-order valence-corrected chi connectivity index (χ2v) is 8.11. The molecule has 0 fully saturated rings. The monoisotopic (exact) mass is 405 g/mol. The Morgan fingerprint density at radius 1 is 1.30 bits per heavy atom. The molecule has 0 saturated carbocycles. The molecular formula is C19H17ClFN3O2S. The molecule has 0 saturated heterocycles. The van der Waals surface area contributed by atoms with E-state index in [1.807, 2.05) is 0 Å². The van der Waals surface area contributed by atoms with Crippen LogP contribution < -0.4 is 10.9 Å². The molecule has 1 aliphatic rings. The standard InChI is InChI=1S/C19H17ClFN3O2S/c20-11-6-7-13(21)14(8-11)23-16(25)9-24-10-22-18-17(19(24)26)12-4-2-1-3-5-15(12)27-18/h6-8,10H,1-5,9H2,(H,23,25). The van der Waals surface area contributed by atoms with E-state index in [1.54, 1.807) is 11.3 Å². The lowest BCUT2D eigenvalue weighted by Crippen LogP contribution is -2.28. The number of hydrogen-bond acceptors (Lipinski definition) is 4. The summed E-state index contributed by atoms with van der Waals surface area (Å²) in [7, 11) is 0. The van der Waals surface area contributed by atoms with Gasteiger partial charge in [0, 0.05) is 9.90 Å². The Morgan fingerprint density at radius 3 is 2.96 bits per heavy atom. The van der Waals surface area contributed by atoms with Crippen LogP contribution in [-0.4, -0.2) is 15.5 Å². The van der Waals surface area contributed by atoms with Crippen LogP contribution in [0.4, 0.5) is 10.1 Å². The van der Waals surface area contributed by atoms with Crippen molar-refractivity contribution in [2.45, 2.75) is 38.6 Å². The van der Waals surface area contributed by atoms with Crippen LogP contribution >= 0.6 is 22.9 Å². The minimum absolute atomic E-state index is 0.0148. The summed E-state index contributed by atoms with van der Waals surface area (Å²) in [4.78, 5) is 31.6. The Balaban J connectivity index is 1.63. The predicted octanol–water partition coefficient (Wildman–Crippen LogP) is 4.16. The number of hydrogen-bond donors (Lipinski definition) is 1. The highest BCUT2D eigenvalue weighted by atomic mass is 35.5. The predicted molar refractivity (Wildman–Crippen MR) is 105 cm³/mol. The molecule has 3 aromatic rings. The SMILES string of the molecule is O=C(Cn1cnc2sc3c(c2c1=O)CCCCC3)Nc1cc(Cl)ccc1F. The number of thiophene rings is 1. The lowest BCUT2D eigenvalue weighted by atomic mass is 10.1. The zero-order chi connectivity index (χ0) is 19.0. The third kappa shape index (κ3) is 3.61. The molecule has 0 aliphatic heterocycles. The maximum atomic E-state index is 13.8. The summed E-state index contributed by atoms with van der Waals surface area (Å²) in [5, 5.41) is 3.40. The number of rotatable bonds is 3. The Morgan fingerprint density at radius 2 is 2.11 bits per heavy atom. The summed E-state index contributed by atoms with van der Waals surface area (Å²) >= 11 is 7.41. The number of nitrogens with one attached hydrogen (secondary N) is 1. The fourth-order valence-corrected chi connectivity index (χ4v) is 4.80. The second-order valence-electron chi connectivity index (χ2n) is 6.59. The number of aromatic nitrogens is 2. The molecule has 8 heteroatoms. The van der Waals surface area contributed by atoms with Gasteiger partial charge in [-0.3, -0.25) is 14.2 Å². The second kappa shape index (κ2) is 7.40. The minimum atomic E-state index is -0.586. The van der Waals surface area contributed by atoms with Crippen molar-refractivity contribution in [2.75, 3.05) is 5.32 Å². The van der Waals surface area contributed by atoms with Crippen molar-refractivity contribution in [1.82, 2.24) is 9.55 Å². The Bertz CT molecular complexity index is 1090. The maximum absolute atomic E-state index is 13.8. The van der Waals surface area contributed by atoms with Crippen LogP contribution in [-0.2, 0) is 24.2 Å². The molecule has 1 N–H and O–H groups in total. The number of nitrogens with zero attached hydrogens (tertiary/aromatic N) is 2. The number of aryl methyl sites for hydroxylation is 2. The molecule has 0 radical (unpaired) electrons. The van der Waals surface area contributed by atoms with E-state index in [-0.39, 0.29) is 17.8 Å². The summed E-state index contributed by atoms with van der Waals surface area (Å²) in [5.74, 6) is -1.10. The third-order valence-corrected chi connectivity index (χ3v) is 6.14. The Kier molecular flexibility index (Phi) is 4.97. The number of amides is 1. The molecule has 0 atom stereocenters. The fraction of sp³-hybridized carbons (Fsp3) is 0.316. The Hall–Kier alpha value is -2.25. The highest BCUT2D eigenvalue weighted by Crippen LogP contribution is 2.32. The number of halogens is 2. The van der Waals surface area contributed by atoms with E-state index in [1.165, 1.54) is 34.0 Å². The van der Waals surface area contributed by atoms with Crippen LogP contribution in [0.15, 0.2) is 29.3 Å². The molecule has 0 bridgehead atoms. The molecule has 4 rings (SSSR count). The molecular weight excluding hydrogens is 389 g/mol. The molecule has 0 spiro atoms. The zero-order valence-electron chi connectivity index (χ0n) is 14.4. The van der Waals surface area contributed by atoms with Gasteiger partial charge in [-0.05, 0) is 49.4 Å². The van der Waals surface area contributed by atoms with E-state index >= 15 is 0 Å². The molecule has 5 nitrogen and oxygen atoms in total. The first-order valence-electron chi connectivity index (χ1n) is 8.77. The van der Waals surface area contributed by atoms with Crippen LogP contribution in [0.3, 0.4) is 0 Å². The van der Waals surface area contributed by atoms with Crippen molar-refractivity contribution in [3.8, 4) is 0 Å². The number of benzene rings is 1. The van der Waals surface area contributed by atoms with E-state index in [4.69, 9.17) is 11.6 Å². The van der Waals surface area contributed by atoms with Crippen molar-refractivity contribution >= 4 is 44.7 Å². The molecule has 2 aromatic heterocycles. The molecule has 140 valence electrons. The van der Waals surface area contributed by atoms with E-state index in [9.17, 15) is 14.0 Å². The molecule has 27 heavy (non-hydrogen) atoms. The van der Waals surface area contributed by atoms with Gasteiger partial charge in [0.25, 0.3) is 5.56 Å². The van der Waals surface area contributed by atoms with Crippen molar-refractivity contribution in [3.63, 3.8) is 0 Å². The van der Waals surface area contributed by atoms with Gasteiger partial charge in [-0.15, -0.1) is 11.3 Å². The van der Waals surface area contributed by atoms with Gasteiger partial charge in [-0.25, -0.2) is 9.37 Å². The fourth-order valence-electron chi connectivity index (χ4n) is 3.41. The van der Waals surface area contributed by atoms with Crippen LogP contribution in [0.1, 0.15) is 29.7 Å². The number of anilines is 1. The average molecular weight is 406 g/mol. The normalized spacial score (nSPS) is 14.0. The molecule has 0 unspecified atom stereocenters. The maximum Gasteiger partial charge on any atom is 0.262 e. The topological polar surface area (TPSA) is 64.0 Å². The zero-order valence-corrected chi connectivity index (χ0v) is 16.0. The van der Waals surface area contributed by atoms with Crippen molar-refractivity contribution < 1.29 is 9.18 Å². The van der Waals surface area contributed by atoms with Crippen LogP contribution in [0.2, 0.25) is 5.02 Å². The minimum Gasteiger partial charge on any atom is -0.322 e. The largest absolute Gasteiger partial charge is 0.322 e. The van der Waals surface area contributed by atoms with Gasteiger partial charge in [-0.1, -0.05) is 18.0 Å². The summed E-state index contributed by atoms with van der Waals surface area (Å²) < 4.78 is 15.1. The van der Waals surface area contributed by atoms with Crippen LogP contribution in [0.25, 0.3) is 10.2 Å². The van der Waals surface area contributed by atoms with Crippen molar-refractivity contribution in [3.05, 3.63) is 56.2 Å². The van der Waals surface area contributed by atoms with Gasteiger partial charge < -0.3 is 5.32 Å². The third-order valence-electron chi connectivity index (χ3n) is 4.71. The van der Waals surface area contributed by atoms with Crippen LogP contribution in [0, 0.1) is 5.82 Å². The number of carbonyl (C=O) groups excluding carboxylic acids is 1. The highest BCUT2D eigenvalue weighted by Gasteiger charge is 2.20. The van der Waals surface area contributed by atoms with Gasteiger partial charge in [-0.2, -0.15) is 0 Å². The number of carbonyl (C=O) groups is 1. The summed E-state index contributed by atoms with van der Waals surface area (Å²) in [6, 6.07) is 3.91. The van der Waals surface area contributed by atoms with E-state index in [0.717, 1.165) is 42.5 Å². The quantitative estimate of drug-likeness (QED) is 0.665. The molecule has 1 amide bonds.